The molecule has 2 atom stereocenters. The number of ether oxygens (including phenoxy) is 2. The summed E-state index contributed by atoms with van der Waals surface area (Å²) in [5, 5.41) is 0. The molecule has 0 N–H and O–H groups in total. The first-order valence-corrected chi connectivity index (χ1v) is 14.0. The Morgan fingerprint density at radius 2 is 1.26 bits per heavy atom. The van der Waals surface area contributed by atoms with Crippen LogP contribution in [0.15, 0.2) is 60.7 Å². The van der Waals surface area contributed by atoms with Crippen LogP contribution in [0, 0.1) is 5.41 Å². The Bertz CT molecular complexity index is 1010. The van der Waals surface area contributed by atoms with Crippen molar-refractivity contribution in [2.45, 2.75) is 88.8 Å². The standard InChI is InChI=1S/C33H40O2/c1-34-33-22-8-21-32(33,23-24-35-33)31(29-17-13-27(14-18-29)25-9-4-2-5-10-25)30-19-15-28(16-20-30)26-11-6-3-7-12-26/h9,11,13-20,31H,2-8,10,12,21-24H2,1H3/t32-,33-/m1/s1. The maximum atomic E-state index is 6.44. The molecule has 4 aliphatic rings. The minimum atomic E-state index is -0.465. The van der Waals surface area contributed by atoms with Gasteiger partial charge in [0.2, 0.25) is 0 Å². The molecule has 0 radical (unpaired) electrons. The van der Waals surface area contributed by atoms with Gasteiger partial charge in [-0.25, -0.2) is 0 Å². The Morgan fingerprint density at radius 1 is 0.686 bits per heavy atom. The molecule has 35 heavy (non-hydrogen) atoms. The van der Waals surface area contributed by atoms with E-state index in [4.69, 9.17) is 9.47 Å². The average Bonchev–Trinajstić information content (AvgIpc) is 3.47. The van der Waals surface area contributed by atoms with Crippen molar-refractivity contribution >= 4 is 11.1 Å². The van der Waals surface area contributed by atoms with Crippen molar-refractivity contribution in [3.63, 3.8) is 0 Å². The molecule has 0 aromatic heterocycles. The van der Waals surface area contributed by atoms with Crippen LogP contribution >= 0.6 is 0 Å². The Labute approximate surface area is 211 Å². The zero-order valence-corrected chi connectivity index (χ0v) is 21.4. The molecule has 2 aromatic carbocycles. The van der Waals surface area contributed by atoms with Gasteiger partial charge in [0.05, 0.1) is 6.61 Å². The molecule has 2 heteroatoms. The topological polar surface area (TPSA) is 18.5 Å². The molecule has 3 aliphatic carbocycles. The predicted molar refractivity (Wildman–Crippen MR) is 144 cm³/mol. The highest BCUT2D eigenvalue weighted by Gasteiger charge is 2.63. The van der Waals surface area contributed by atoms with Gasteiger partial charge < -0.3 is 9.47 Å². The summed E-state index contributed by atoms with van der Waals surface area (Å²) in [5.41, 5.74) is 8.65. The van der Waals surface area contributed by atoms with Crippen molar-refractivity contribution in [3.8, 4) is 0 Å². The van der Waals surface area contributed by atoms with E-state index < -0.39 is 5.79 Å². The molecule has 1 aliphatic heterocycles. The summed E-state index contributed by atoms with van der Waals surface area (Å²) in [6.45, 7) is 0.792. The lowest BCUT2D eigenvalue weighted by molar-refractivity contribution is -0.235. The lowest BCUT2D eigenvalue weighted by Crippen LogP contribution is -2.46. The number of methoxy groups -OCH3 is 1. The molecule has 1 saturated carbocycles. The largest absolute Gasteiger partial charge is 0.353 e. The minimum absolute atomic E-state index is 0.0149. The Hall–Kier alpha value is -2.16. The smallest absolute Gasteiger partial charge is 0.174 e. The number of benzene rings is 2. The van der Waals surface area contributed by atoms with Crippen molar-refractivity contribution in [1.29, 1.82) is 0 Å². The SMILES string of the molecule is CO[C@@]12CCC[C@]1(C(c1ccc(C3=CCCCC3)cc1)c1ccc(C3=CCCCC3)cc1)CCO2. The zero-order valence-electron chi connectivity index (χ0n) is 21.4. The van der Waals surface area contributed by atoms with Crippen LogP contribution in [0.2, 0.25) is 0 Å². The number of allylic oxidation sites excluding steroid dienone is 4. The maximum Gasteiger partial charge on any atom is 0.174 e. The van der Waals surface area contributed by atoms with Crippen LogP contribution in [0.4, 0.5) is 0 Å². The summed E-state index contributed by atoms with van der Waals surface area (Å²) in [6.07, 6.45) is 19.4. The average molecular weight is 469 g/mol. The van der Waals surface area contributed by atoms with E-state index in [1.54, 1.807) is 0 Å². The quantitative estimate of drug-likeness (QED) is 0.422. The van der Waals surface area contributed by atoms with Gasteiger partial charge in [0.1, 0.15) is 0 Å². The Morgan fingerprint density at radius 3 is 1.74 bits per heavy atom. The zero-order chi connectivity index (χ0) is 23.7. The highest BCUT2D eigenvalue weighted by Crippen LogP contribution is 2.64. The molecule has 2 fully saturated rings. The molecule has 1 heterocycles. The number of hydrogen-bond donors (Lipinski definition) is 0. The predicted octanol–water partition coefficient (Wildman–Crippen LogP) is 8.67. The molecule has 0 unspecified atom stereocenters. The molecule has 0 amide bonds. The van der Waals surface area contributed by atoms with Gasteiger partial charge in [0, 0.05) is 24.9 Å². The third-order valence-corrected chi connectivity index (χ3v) is 9.46. The van der Waals surface area contributed by atoms with E-state index in [1.165, 1.54) is 91.2 Å². The van der Waals surface area contributed by atoms with Gasteiger partial charge in [-0.1, -0.05) is 60.7 Å². The van der Waals surface area contributed by atoms with Crippen LogP contribution < -0.4 is 0 Å². The number of rotatable bonds is 6. The van der Waals surface area contributed by atoms with Crippen LogP contribution in [-0.2, 0) is 9.47 Å². The summed E-state index contributed by atoms with van der Waals surface area (Å²) in [5.74, 6) is -0.191. The molecule has 1 saturated heterocycles. The molecular formula is C33H40O2. The first-order chi connectivity index (χ1) is 17.2. The van der Waals surface area contributed by atoms with Crippen LogP contribution in [-0.4, -0.2) is 19.5 Å². The lowest BCUT2D eigenvalue weighted by Gasteiger charge is -2.44. The fraction of sp³-hybridized carbons (Fsp3) is 0.515. The number of fused-ring (bicyclic) bond motifs is 1. The summed E-state index contributed by atoms with van der Waals surface area (Å²) in [4.78, 5) is 0. The van der Waals surface area contributed by atoms with E-state index in [-0.39, 0.29) is 11.3 Å². The van der Waals surface area contributed by atoms with E-state index in [2.05, 4.69) is 60.7 Å². The highest BCUT2D eigenvalue weighted by molar-refractivity contribution is 5.67. The van der Waals surface area contributed by atoms with E-state index in [9.17, 15) is 0 Å². The molecule has 2 aromatic rings. The van der Waals surface area contributed by atoms with Crippen LogP contribution in [0.3, 0.4) is 0 Å². The fourth-order valence-electron chi connectivity index (χ4n) is 7.69. The van der Waals surface area contributed by atoms with Crippen molar-refractivity contribution in [1.82, 2.24) is 0 Å². The molecule has 0 spiro atoms. The van der Waals surface area contributed by atoms with Gasteiger partial charge in [-0.2, -0.15) is 0 Å². The van der Waals surface area contributed by atoms with E-state index in [1.807, 2.05) is 7.11 Å². The lowest BCUT2D eigenvalue weighted by atomic mass is 9.64. The second kappa shape index (κ2) is 9.71. The van der Waals surface area contributed by atoms with Gasteiger partial charge in [-0.05, 0) is 104 Å². The third-order valence-electron chi connectivity index (χ3n) is 9.46. The summed E-state index contributed by atoms with van der Waals surface area (Å²) in [6, 6.07) is 19.1. The van der Waals surface area contributed by atoms with Crippen molar-refractivity contribution < 1.29 is 9.47 Å². The second-order valence-corrected chi connectivity index (χ2v) is 11.2. The van der Waals surface area contributed by atoms with Crippen LogP contribution in [0.5, 0.6) is 0 Å². The van der Waals surface area contributed by atoms with Gasteiger partial charge in [-0.3, -0.25) is 0 Å². The molecule has 6 rings (SSSR count). The van der Waals surface area contributed by atoms with Crippen molar-refractivity contribution in [2.24, 2.45) is 5.41 Å². The normalized spacial score (nSPS) is 28.6. The molecule has 184 valence electrons. The maximum absolute atomic E-state index is 6.44. The van der Waals surface area contributed by atoms with Gasteiger partial charge in [-0.15, -0.1) is 0 Å². The summed E-state index contributed by atoms with van der Waals surface area (Å²) in [7, 11) is 1.86. The first-order valence-electron chi connectivity index (χ1n) is 14.0. The van der Waals surface area contributed by atoms with Gasteiger partial charge in [0.15, 0.2) is 5.79 Å². The molecule has 0 bridgehead atoms. The fourth-order valence-corrected chi connectivity index (χ4v) is 7.69. The minimum Gasteiger partial charge on any atom is -0.353 e. The van der Waals surface area contributed by atoms with Crippen LogP contribution in [0.1, 0.15) is 105 Å². The second-order valence-electron chi connectivity index (χ2n) is 11.2. The molecular weight excluding hydrogens is 428 g/mol. The summed E-state index contributed by atoms with van der Waals surface area (Å²) < 4.78 is 12.7. The van der Waals surface area contributed by atoms with Crippen molar-refractivity contribution in [3.05, 3.63) is 82.9 Å². The number of hydrogen-bond acceptors (Lipinski definition) is 2. The van der Waals surface area contributed by atoms with Gasteiger partial charge >= 0.3 is 0 Å². The summed E-state index contributed by atoms with van der Waals surface area (Å²) >= 11 is 0. The Kier molecular flexibility index (Phi) is 6.45. The first kappa shape index (κ1) is 23.3. The van der Waals surface area contributed by atoms with E-state index in [0.29, 0.717) is 0 Å². The van der Waals surface area contributed by atoms with Crippen LogP contribution in [0.25, 0.3) is 11.1 Å². The van der Waals surface area contributed by atoms with E-state index >= 15 is 0 Å². The molecule has 2 nitrogen and oxygen atoms in total. The monoisotopic (exact) mass is 468 g/mol. The Balaban J connectivity index is 1.40. The van der Waals surface area contributed by atoms with Crippen molar-refractivity contribution in [2.75, 3.05) is 13.7 Å². The third kappa shape index (κ3) is 4.03. The highest BCUT2D eigenvalue weighted by atomic mass is 16.7. The van der Waals surface area contributed by atoms with E-state index in [0.717, 1.165) is 25.9 Å². The van der Waals surface area contributed by atoms with Gasteiger partial charge in [0.25, 0.3) is 0 Å².